The quantitative estimate of drug-likeness (QED) is 0.858. The second-order valence-corrected chi connectivity index (χ2v) is 4.72. The van der Waals surface area contributed by atoms with Gasteiger partial charge in [0.2, 0.25) is 0 Å². The normalized spacial score (nSPS) is 10.0. The summed E-state index contributed by atoms with van der Waals surface area (Å²) < 4.78 is 10.7. The summed E-state index contributed by atoms with van der Waals surface area (Å²) in [5, 5.41) is 0. The van der Waals surface area contributed by atoms with Gasteiger partial charge in [-0.15, -0.1) is 0 Å². The number of carbonyl (C=O) groups is 1. The van der Waals surface area contributed by atoms with Gasteiger partial charge in [0.15, 0.2) is 0 Å². The van der Waals surface area contributed by atoms with Crippen LogP contribution in [0.15, 0.2) is 48.5 Å². The number of benzene rings is 2. The summed E-state index contributed by atoms with van der Waals surface area (Å²) in [4.78, 5) is 13.5. The standard InChI is InChI=1S/C17H19NO3/c1-13-8-7-9-14(16(13)20-3)12-21-17(19)18(2)15-10-5-4-6-11-15/h4-11H,12H2,1-3H3. The van der Waals surface area contributed by atoms with E-state index in [4.69, 9.17) is 9.47 Å². The maximum atomic E-state index is 12.1. The van der Waals surface area contributed by atoms with Crippen molar-refractivity contribution in [3.63, 3.8) is 0 Å². The molecule has 0 aromatic heterocycles. The van der Waals surface area contributed by atoms with Crippen molar-refractivity contribution in [3.05, 3.63) is 59.7 Å². The van der Waals surface area contributed by atoms with Crippen molar-refractivity contribution in [2.45, 2.75) is 13.5 Å². The van der Waals surface area contributed by atoms with E-state index in [1.807, 2.05) is 55.5 Å². The van der Waals surface area contributed by atoms with Crippen LogP contribution >= 0.6 is 0 Å². The lowest BCUT2D eigenvalue weighted by molar-refractivity contribution is 0.147. The van der Waals surface area contributed by atoms with Crippen molar-refractivity contribution in [3.8, 4) is 5.75 Å². The Morgan fingerprint density at radius 1 is 1.10 bits per heavy atom. The smallest absolute Gasteiger partial charge is 0.414 e. The monoisotopic (exact) mass is 285 g/mol. The van der Waals surface area contributed by atoms with Crippen molar-refractivity contribution in [2.24, 2.45) is 0 Å². The van der Waals surface area contributed by atoms with Gasteiger partial charge in [0.25, 0.3) is 0 Å². The van der Waals surface area contributed by atoms with Crippen LogP contribution in [0.3, 0.4) is 0 Å². The summed E-state index contributed by atoms with van der Waals surface area (Å²) in [7, 11) is 3.30. The Morgan fingerprint density at radius 2 is 1.81 bits per heavy atom. The highest BCUT2D eigenvalue weighted by atomic mass is 16.6. The molecular weight excluding hydrogens is 266 g/mol. The average Bonchev–Trinajstić information content (AvgIpc) is 2.52. The number of carbonyl (C=O) groups excluding carboxylic acids is 1. The minimum Gasteiger partial charge on any atom is -0.496 e. The van der Waals surface area contributed by atoms with E-state index >= 15 is 0 Å². The molecule has 0 heterocycles. The number of hydrogen-bond acceptors (Lipinski definition) is 3. The molecular formula is C17H19NO3. The summed E-state index contributed by atoms with van der Waals surface area (Å²) >= 11 is 0. The van der Waals surface area contributed by atoms with Gasteiger partial charge in [-0.05, 0) is 24.6 Å². The Morgan fingerprint density at radius 3 is 2.48 bits per heavy atom. The van der Waals surface area contributed by atoms with Gasteiger partial charge in [-0.2, -0.15) is 0 Å². The molecule has 2 rings (SSSR count). The Hall–Kier alpha value is -2.49. The lowest BCUT2D eigenvalue weighted by Crippen LogP contribution is -2.26. The molecule has 0 fully saturated rings. The van der Waals surface area contributed by atoms with E-state index in [1.165, 1.54) is 4.90 Å². The largest absolute Gasteiger partial charge is 0.496 e. The molecule has 21 heavy (non-hydrogen) atoms. The van der Waals surface area contributed by atoms with Crippen LogP contribution in [0.25, 0.3) is 0 Å². The molecule has 0 aliphatic carbocycles. The Bertz CT molecular complexity index is 611. The van der Waals surface area contributed by atoms with Gasteiger partial charge in [0.05, 0.1) is 7.11 Å². The van der Waals surface area contributed by atoms with Gasteiger partial charge in [-0.25, -0.2) is 4.79 Å². The minimum absolute atomic E-state index is 0.181. The van der Waals surface area contributed by atoms with Gasteiger partial charge in [-0.3, -0.25) is 4.90 Å². The fourth-order valence-electron chi connectivity index (χ4n) is 2.11. The van der Waals surface area contributed by atoms with Gasteiger partial charge < -0.3 is 9.47 Å². The van der Waals surface area contributed by atoms with E-state index in [9.17, 15) is 4.79 Å². The van der Waals surface area contributed by atoms with E-state index in [-0.39, 0.29) is 6.61 Å². The number of ether oxygens (including phenoxy) is 2. The summed E-state index contributed by atoms with van der Waals surface area (Å²) in [6.45, 7) is 2.14. The molecule has 0 atom stereocenters. The van der Waals surface area contributed by atoms with Crippen LogP contribution in [0.1, 0.15) is 11.1 Å². The molecule has 1 amide bonds. The van der Waals surface area contributed by atoms with E-state index in [2.05, 4.69) is 0 Å². The zero-order valence-corrected chi connectivity index (χ0v) is 12.5. The molecule has 0 saturated carbocycles. The predicted octanol–water partition coefficient (Wildman–Crippen LogP) is 3.78. The molecule has 0 bridgehead atoms. The fraction of sp³-hybridized carbons (Fsp3) is 0.235. The minimum atomic E-state index is -0.398. The topological polar surface area (TPSA) is 38.8 Å². The zero-order valence-electron chi connectivity index (χ0n) is 12.5. The van der Waals surface area contributed by atoms with Crippen molar-refractivity contribution >= 4 is 11.8 Å². The van der Waals surface area contributed by atoms with Crippen LogP contribution in [0, 0.1) is 6.92 Å². The first-order chi connectivity index (χ1) is 10.1. The zero-order chi connectivity index (χ0) is 15.2. The average molecular weight is 285 g/mol. The van der Waals surface area contributed by atoms with Crippen molar-refractivity contribution in [2.75, 3.05) is 19.1 Å². The van der Waals surface area contributed by atoms with E-state index in [1.54, 1.807) is 14.2 Å². The third-order valence-electron chi connectivity index (χ3n) is 3.27. The molecule has 0 spiro atoms. The molecule has 0 radical (unpaired) electrons. The number of anilines is 1. The van der Waals surface area contributed by atoms with Crippen LogP contribution in [0.4, 0.5) is 10.5 Å². The second kappa shape index (κ2) is 6.79. The molecule has 0 aliphatic rings. The van der Waals surface area contributed by atoms with Gasteiger partial charge in [-0.1, -0.05) is 36.4 Å². The number of amides is 1. The number of methoxy groups -OCH3 is 1. The highest BCUT2D eigenvalue weighted by Crippen LogP contribution is 2.24. The van der Waals surface area contributed by atoms with Crippen LogP contribution in [0.2, 0.25) is 0 Å². The number of para-hydroxylation sites is 2. The Labute approximate surface area is 124 Å². The summed E-state index contributed by atoms with van der Waals surface area (Å²) in [5.41, 5.74) is 2.66. The molecule has 0 unspecified atom stereocenters. The third kappa shape index (κ3) is 3.54. The van der Waals surface area contributed by atoms with E-state index in [0.29, 0.717) is 0 Å². The van der Waals surface area contributed by atoms with Crippen LogP contribution in [-0.4, -0.2) is 20.3 Å². The number of aryl methyl sites for hydroxylation is 1. The number of rotatable bonds is 4. The molecule has 4 nitrogen and oxygen atoms in total. The SMILES string of the molecule is COc1c(C)cccc1COC(=O)N(C)c1ccccc1. The summed E-state index contributed by atoms with van der Waals surface area (Å²) in [6.07, 6.45) is -0.398. The molecule has 0 aliphatic heterocycles. The van der Waals surface area contributed by atoms with Crippen LogP contribution < -0.4 is 9.64 Å². The first-order valence-corrected chi connectivity index (χ1v) is 6.71. The molecule has 0 saturated heterocycles. The maximum Gasteiger partial charge on any atom is 0.414 e. The fourth-order valence-corrected chi connectivity index (χ4v) is 2.11. The second-order valence-electron chi connectivity index (χ2n) is 4.72. The lowest BCUT2D eigenvalue weighted by atomic mass is 10.1. The van der Waals surface area contributed by atoms with Crippen molar-refractivity contribution < 1.29 is 14.3 Å². The predicted molar refractivity (Wildman–Crippen MR) is 82.8 cm³/mol. The van der Waals surface area contributed by atoms with E-state index in [0.717, 1.165) is 22.6 Å². The van der Waals surface area contributed by atoms with Crippen molar-refractivity contribution in [1.82, 2.24) is 0 Å². The van der Waals surface area contributed by atoms with Crippen molar-refractivity contribution in [1.29, 1.82) is 0 Å². The number of nitrogens with zero attached hydrogens (tertiary/aromatic N) is 1. The summed E-state index contributed by atoms with van der Waals surface area (Å²) in [5.74, 6) is 0.757. The molecule has 4 heteroatoms. The molecule has 2 aromatic rings. The van der Waals surface area contributed by atoms with Gasteiger partial charge in [0, 0.05) is 18.3 Å². The lowest BCUT2D eigenvalue weighted by Gasteiger charge is -2.18. The van der Waals surface area contributed by atoms with Gasteiger partial charge in [0.1, 0.15) is 12.4 Å². The molecule has 110 valence electrons. The molecule has 2 aromatic carbocycles. The first-order valence-electron chi connectivity index (χ1n) is 6.71. The number of hydrogen-bond donors (Lipinski definition) is 0. The van der Waals surface area contributed by atoms with Crippen LogP contribution in [0.5, 0.6) is 5.75 Å². The highest BCUT2D eigenvalue weighted by molar-refractivity contribution is 5.86. The van der Waals surface area contributed by atoms with Gasteiger partial charge >= 0.3 is 6.09 Å². The highest BCUT2D eigenvalue weighted by Gasteiger charge is 2.13. The molecule has 0 N–H and O–H groups in total. The Kier molecular flexibility index (Phi) is 4.82. The summed E-state index contributed by atoms with van der Waals surface area (Å²) in [6, 6.07) is 15.1. The maximum absolute atomic E-state index is 12.1. The Balaban J connectivity index is 2.03. The first kappa shape index (κ1) is 14.9. The van der Waals surface area contributed by atoms with E-state index < -0.39 is 6.09 Å². The van der Waals surface area contributed by atoms with Crippen LogP contribution in [-0.2, 0) is 11.3 Å². The third-order valence-corrected chi connectivity index (χ3v) is 3.27.